The molecule has 90 valence electrons. The highest BCUT2D eigenvalue weighted by atomic mass is 32.1. The first kappa shape index (κ1) is 12.9. The van der Waals surface area contributed by atoms with Crippen LogP contribution in [-0.2, 0) is 0 Å². The molecule has 0 spiro atoms. The molecule has 0 aliphatic rings. The van der Waals surface area contributed by atoms with Crippen LogP contribution in [0.3, 0.4) is 0 Å². The topological polar surface area (TPSA) is 74.2 Å². The number of amides is 2. The summed E-state index contributed by atoms with van der Waals surface area (Å²) in [5.74, 6) is 0. The standard InChI is InChI=1S/C10H17N3O2S/c1-10(2,3)7(14)6-12-8(15)13-9-11-4-5-16-9/h4-5,7,14H,6H2,1-3H3,(H2,11,12,13,15). The second kappa shape index (κ2) is 5.27. The fourth-order valence-electron chi connectivity index (χ4n) is 0.922. The van der Waals surface area contributed by atoms with Gasteiger partial charge in [0.05, 0.1) is 6.10 Å². The normalized spacial score (nSPS) is 13.2. The molecule has 0 aromatic carbocycles. The molecule has 1 heterocycles. The van der Waals surface area contributed by atoms with E-state index in [0.717, 1.165) is 0 Å². The van der Waals surface area contributed by atoms with Crippen LogP contribution in [0.5, 0.6) is 0 Å². The first-order chi connectivity index (χ1) is 7.39. The Bertz CT molecular complexity index is 332. The molecule has 1 atom stereocenters. The van der Waals surface area contributed by atoms with Gasteiger partial charge in [0.1, 0.15) is 0 Å². The number of hydrogen-bond donors (Lipinski definition) is 3. The number of aliphatic hydroxyl groups excluding tert-OH is 1. The third kappa shape index (κ3) is 4.16. The quantitative estimate of drug-likeness (QED) is 0.756. The van der Waals surface area contributed by atoms with E-state index in [1.165, 1.54) is 11.3 Å². The Labute approximate surface area is 98.9 Å². The molecule has 1 aromatic rings. The van der Waals surface area contributed by atoms with E-state index < -0.39 is 6.10 Å². The van der Waals surface area contributed by atoms with E-state index in [0.29, 0.717) is 5.13 Å². The van der Waals surface area contributed by atoms with Crippen LogP contribution in [0.15, 0.2) is 11.6 Å². The zero-order chi connectivity index (χ0) is 12.2. The van der Waals surface area contributed by atoms with Crippen LogP contribution in [0, 0.1) is 5.41 Å². The molecule has 6 heteroatoms. The highest BCUT2D eigenvalue weighted by molar-refractivity contribution is 7.13. The van der Waals surface area contributed by atoms with Gasteiger partial charge < -0.3 is 10.4 Å². The summed E-state index contributed by atoms with van der Waals surface area (Å²) >= 11 is 1.35. The van der Waals surface area contributed by atoms with Gasteiger partial charge in [-0.15, -0.1) is 11.3 Å². The third-order valence-corrected chi connectivity index (χ3v) is 2.80. The molecule has 5 nitrogen and oxygen atoms in total. The number of nitrogens with zero attached hydrogens (tertiary/aromatic N) is 1. The molecular formula is C10H17N3O2S. The molecule has 0 aliphatic heterocycles. The summed E-state index contributed by atoms with van der Waals surface area (Å²) in [6.07, 6.45) is 1.04. The Hall–Kier alpha value is -1.14. The Balaban J connectivity index is 2.31. The van der Waals surface area contributed by atoms with Crippen molar-refractivity contribution in [2.24, 2.45) is 5.41 Å². The maximum absolute atomic E-state index is 11.4. The van der Waals surface area contributed by atoms with E-state index in [1.807, 2.05) is 20.8 Å². The summed E-state index contributed by atoms with van der Waals surface area (Å²) < 4.78 is 0. The van der Waals surface area contributed by atoms with Gasteiger partial charge in [0.15, 0.2) is 5.13 Å². The average Bonchev–Trinajstić information content (AvgIpc) is 2.65. The number of urea groups is 1. The molecule has 0 radical (unpaired) electrons. The second-order valence-corrected chi connectivity index (χ2v) is 5.45. The van der Waals surface area contributed by atoms with Crippen LogP contribution in [0.25, 0.3) is 0 Å². The number of anilines is 1. The zero-order valence-electron chi connectivity index (χ0n) is 9.65. The second-order valence-electron chi connectivity index (χ2n) is 4.55. The van der Waals surface area contributed by atoms with E-state index in [1.54, 1.807) is 11.6 Å². The lowest BCUT2D eigenvalue weighted by atomic mass is 9.89. The molecule has 1 aromatic heterocycles. The van der Waals surface area contributed by atoms with E-state index in [9.17, 15) is 9.90 Å². The Morgan fingerprint density at radius 2 is 2.31 bits per heavy atom. The summed E-state index contributed by atoms with van der Waals surface area (Å²) in [7, 11) is 0. The molecular weight excluding hydrogens is 226 g/mol. The van der Waals surface area contributed by atoms with Crippen molar-refractivity contribution in [1.29, 1.82) is 0 Å². The SMILES string of the molecule is CC(C)(C)C(O)CNC(=O)Nc1nccs1. The van der Waals surface area contributed by atoms with Crippen LogP contribution in [0.4, 0.5) is 9.93 Å². The maximum Gasteiger partial charge on any atom is 0.321 e. The summed E-state index contributed by atoms with van der Waals surface area (Å²) in [5.41, 5.74) is -0.242. The Morgan fingerprint density at radius 1 is 1.62 bits per heavy atom. The van der Waals surface area contributed by atoms with Gasteiger partial charge in [-0.25, -0.2) is 9.78 Å². The highest BCUT2D eigenvalue weighted by Crippen LogP contribution is 2.18. The molecule has 3 N–H and O–H groups in total. The molecule has 0 bridgehead atoms. The van der Waals surface area contributed by atoms with Crippen molar-refractivity contribution in [3.63, 3.8) is 0 Å². The van der Waals surface area contributed by atoms with Gasteiger partial charge >= 0.3 is 6.03 Å². The molecule has 16 heavy (non-hydrogen) atoms. The first-order valence-electron chi connectivity index (χ1n) is 5.02. The van der Waals surface area contributed by atoms with E-state index >= 15 is 0 Å². The van der Waals surface area contributed by atoms with Crippen LogP contribution in [0.2, 0.25) is 0 Å². The van der Waals surface area contributed by atoms with Crippen molar-refractivity contribution in [3.8, 4) is 0 Å². The van der Waals surface area contributed by atoms with Crippen molar-refractivity contribution < 1.29 is 9.90 Å². The predicted octanol–water partition coefficient (Wildman–Crippen LogP) is 1.67. The van der Waals surface area contributed by atoms with Crippen molar-refractivity contribution in [2.75, 3.05) is 11.9 Å². The number of aliphatic hydroxyl groups is 1. The van der Waals surface area contributed by atoms with Gasteiger partial charge in [0.25, 0.3) is 0 Å². The number of carbonyl (C=O) groups is 1. The van der Waals surface area contributed by atoms with Gasteiger partial charge in [0, 0.05) is 18.1 Å². The fourth-order valence-corrected chi connectivity index (χ4v) is 1.45. The summed E-state index contributed by atoms with van der Waals surface area (Å²) in [5, 5.41) is 17.2. The summed E-state index contributed by atoms with van der Waals surface area (Å²) in [6, 6.07) is -0.349. The molecule has 0 aliphatic carbocycles. The minimum Gasteiger partial charge on any atom is -0.391 e. The van der Waals surface area contributed by atoms with E-state index in [-0.39, 0.29) is 18.0 Å². The minimum absolute atomic E-state index is 0.223. The van der Waals surface area contributed by atoms with Crippen molar-refractivity contribution in [1.82, 2.24) is 10.3 Å². The highest BCUT2D eigenvalue weighted by Gasteiger charge is 2.22. The largest absolute Gasteiger partial charge is 0.391 e. The van der Waals surface area contributed by atoms with Crippen molar-refractivity contribution >= 4 is 22.5 Å². The number of aromatic nitrogens is 1. The van der Waals surface area contributed by atoms with Gasteiger partial charge in [-0.1, -0.05) is 20.8 Å². The number of thiazole rings is 1. The summed E-state index contributed by atoms with van der Waals surface area (Å²) in [4.78, 5) is 15.3. The predicted molar refractivity (Wildman–Crippen MR) is 64.6 cm³/mol. The lowest BCUT2D eigenvalue weighted by Crippen LogP contribution is -2.40. The zero-order valence-corrected chi connectivity index (χ0v) is 10.5. The fraction of sp³-hybridized carbons (Fsp3) is 0.600. The Kier molecular flexibility index (Phi) is 4.26. The number of nitrogens with one attached hydrogen (secondary N) is 2. The maximum atomic E-state index is 11.4. The molecule has 0 saturated heterocycles. The van der Waals surface area contributed by atoms with Gasteiger partial charge in [-0.2, -0.15) is 0 Å². The van der Waals surface area contributed by atoms with E-state index in [4.69, 9.17) is 0 Å². The first-order valence-corrected chi connectivity index (χ1v) is 5.90. The molecule has 1 rings (SSSR count). The van der Waals surface area contributed by atoms with Crippen LogP contribution in [0.1, 0.15) is 20.8 Å². The Morgan fingerprint density at radius 3 is 2.81 bits per heavy atom. The van der Waals surface area contributed by atoms with Crippen molar-refractivity contribution in [3.05, 3.63) is 11.6 Å². The van der Waals surface area contributed by atoms with Gasteiger partial charge in [-0.3, -0.25) is 5.32 Å². The van der Waals surface area contributed by atoms with E-state index in [2.05, 4.69) is 15.6 Å². The van der Waals surface area contributed by atoms with Crippen LogP contribution >= 0.6 is 11.3 Å². The molecule has 2 amide bonds. The van der Waals surface area contributed by atoms with Gasteiger partial charge in [-0.05, 0) is 5.41 Å². The lowest BCUT2D eigenvalue weighted by molar-refractivity contribution is 0.0654. The van der Waals surface area contributed by atoms with Gasteiger partial charge in [0.2, 0.25) is 0 Å². The summed E-state index contributed by atoms with van der Waals surface area (Å²) in [6.45, 7) is 5.97. The number of carbonyl (C=O) groups excluding carboxylic acids is 1. The molecule has 0 fully saturated rings. The monoisotopic (exact) mass is 243 g/mol. The van der Waals surface area contributed by atoms with Crippen LogP contribution < -0.4 is 10.6 Å². The van der Waals surface area contributed by atoms with Crippen LogP contribution in [-0.4, -0.2) is 28.8 Å². The molecule has 0 saturated carbocycles. The number of hydrogen-bond acceptors (Lipinski definition) is 4. The minimum atomic E-state index is -0.574. The number of rotatable bonds is 3. The average molecular weight is 243 g/mol. The van der Waals surface area contributed by atoms with Crippen molar-refractivity contribution in [2.45, 2.75) is 26.9 Å². The lowest BCUT2D eigenvalue weighted by Gasteiger charge is -2.25. The third-order valence-electron chi connectivity index (χ3n) is 2.11. The smallest absolute Gasteiger partial charge is 0.321 e. The molecule has 1 unspecified atom stereocenters.